The lowest BCUT2D eigenvalue weighted by atomic mass is 10.1. The van der Waals surface area contributed by atoms with E-state index < -0.39 is 0 Å². The van der Waals surface area contributed by atoms with Gasteiger partial charge in [0.15, 0.2) is 6.29 Å². The SMILES string of the molecule is CN1Cc2nn(C(C)(C)C)c(C=O)c2C1. The Morgan fingerprint density at radius 3 is 2.53 bits per heavy atom. The molecule has 0 radical (unpaired) electrons. The third-order valence-corrected chi connectivity index (χ3v) is 2.70. The molecule has 4 heteroatoms. The van der Waals surface area contributed by atoms with E-state index in [4.69, 9.17) is 0 Å². The zero-order chi connectivity index (χ0) is 11.2. The van der Waals surface area contributed by atoms with Crippen LogP contribution in [0.3, 0.4) is 0 Å². The predicted octanol–water partition coefficient (Wildman–Crippen LogP) is 1.40. The van der Waals surface area contributed by atoms with E-state index in [1.165, 1.54) is 0 Å². The topological polar surface area (TPSA) is 38.1 Å². The Hall–Kier alpha value is -1.16. The predicted molar refractivity (Wildman–Crippen MR) is 57.8 cm³/mol. The number of aldehydes is 1. The van der Waals surface area contributed by atoms with E-state index >= 15 is 0 Å². The molecule has 0 saturated heterocycles. The van der Waals surface area contributed by atoms with E-state index in [0.717, 1.165) is 36.3 Å². The van der Waals surface area contributed by atoms with E-state index in [2.05, 4.69) is 30.8 Å². The summed E-state index contributed by atoms with van der Waals surface area (Å²) in [6.07, 6.45) is 0.927. The fraction of sp³-hybridized carbons (Fsp3) is 0.636. The zero-order valence-electron chi connectivity index (χ0n) is 9.74. The Balaban J connectivity index is 2.53. The number of aromatic nitrogens is 2. The maximum Gasteiger partial charge on any atom is 0.168 e. The van der Waals surface area contributed by atoms with Crippen molar-refractivity contribution in [2.45, 2.75) is 39.4 Å². The van der Waals surface area contributed by atoms with Crippen molar-refractivity contribution >= 4 is 6.29 Å². The molecule has 1 aliphatic rings. The van der Waals surface area contributed by atoms with Crippen LogP contribution in [0.4, 0.5) is 0 Å². The summed E-state index contributed by atoms with van der Waals surface area (Å²) in [5, 5.41) is 4.53. The molecule has 82 valence electrons. The average Bonchev–Trinajstić information content (AvgIpc) is 2.58. The van der Waals surface area contributed by atoms with Gasteiger partial charge in [-0.2, -0.15) is 5.10 Å². The lowest BCUT2D eigenvalue weighted by molar-refractivity contribution is 0.110. The first-order chi connectivity index (χ1) is 6.93. The highest BCUT2D eigenvalue weighted by Gasteiger charge is 2.28. The number of nitrogens with zero attached hydrogens (tertiary/aromatic N) is 3. The van der Waals surface area contributed by atoms with Gasteiger partial charge in [0.25, 0.3) is 0 Å². The standard InChI is InChI=1S/C11H17N3O/c1-11(2,3)14-10(7-15)8-5-13(4)6-9(8)12-14/h7H,5-6H2,1-4H3. The van der Waals surface area contributed by atoms with E-state index in [1.54, 1.807) is 0 Å². The lowest BCUT2D eigenvalue weighted by Gasteiger charge is -2.21. The van der Waals surface area contributed by atoms with Gasteiger partial charge in [0.2, 0.25) is 0 Å². The summed E-state index contributed by atoms with van der Waals surface area (Å²) in [7, 11) is 2.04. The van der Waals surface area contributed by atoms with Crippen LogP contribution in [-0.4, -0.2) is 28.0 Å². The molecule has 0 atom stereocenters. The van der Waals surface area contributed by atoms with Crippen molar-refractivity contribution in [2.75, 3.05) is 7.05 Å². The van der Waals surface area contributed by atoms with Crippen LogP contribution >= 0.6 is 0 Å². The summed E-state index contributed by atoms with van der Waals surface area (Å²) >= 11 is 0. The minimum Gasteiger partial charge on any atom is -0.296 e. The molecule has 0 aliphatic carbocycles. The second-order valence-corrected chi connectivity index (χ2v) is 5.18. The zero-order valence-corrected chi connectivity index (χ0v) is 9.74. The maximum absolute atomic E-state index is 11.1. The monoisotopic (exact) mass is 207 g/mol. The molecule has 0 spiro atoms. The Labute approximate surface area is 89.9 Å². The minimum absolute atomic E-state index is 0.126. The van der Waals surface area contributed by atoms with Gasteiger partial charge in [-0.1, -0.05) is 0 Å². The molecule has 1 aromatic rings. The molecule has 0 bridgehead atoms. The van der Waals surface area contributed by atoms with Crippen molar-refractivity contribution in [1.29, 1.82) is 0 Å². The fourth-order valence-corrected chi connectivity index (χ4v) is 2.02. The maximum atomic E-state index is 11.1. The summed E-state index contributed by atoms with van der Waals surface area (Å²) in [4.78, 5) is 13.3. The first-order valence-electron chi connectivity index (χ1n) is 5.18. The van der Waals surface area contributed by atoms with Gasteiger partial charge in [0.1, 0.15) is 5.69 Å². The van der Waals surface area contributed by atoms with Gasteiger partial charge in [-0.05, 0) is 27.8 Å². The third-order valence-electron chi connectivity index (χ3n) is 2.70. The highest BCUT2D eigenvalue weighted by Crippen LogP contribution is 2.27. The smallest absolute Gasteiger partial charge is 0.168 e. The number of fused-ring (bicyclic) bond motifs is 1. The highest BCUT2D eigenvalue weighted by molar-refractivity contribution is 5.75. The van der Waals surface area contributed by atoms with Crippen LogP contribution in [0.2, 0.25) is 0 Å². The van der Waals surface area contributed by atoms with Gasteiger partial charge < -0.3 is 0 Å². The van der Waals surface area contributed by atoms with Gasteiger partial charge in [0.05, 0.1) is 11.2 Å². The molecule has 0 amide bonds. The number of carbonyl (C=O) groups is 1. The van der Waals surface area contributed by atoms with Crippen molar-refractivity contribution < 1.29 is 4.79 Å². The minimum atomic E-state index is -0.126. The van der Waals surface area contributed by atoms with Gasteiger partial charge in [-0.25, -0.2) is 0 Å². The third kappa shape index (κ3) is 1.59. The number of rotatable bonds is 1. The molecule has 0 unspecified atom stereocenters. The summed E-state index contributed by atoms with van der Waals surface area (Å²) in [5.41, 5.74) is 2.76. The summed E-state index contributed by atoms with van der Waals surface area (Å²) < 4.78 is 1.84. The van der Waals surface area contributed by atoms with Crippen molar-refractivity contribution in [2.24, 2.45) is 0 Å². The summed E-state index contributed by atoms with van der Waals surface area (Å²) in [6.45, 7) is 7.86. The largest absolute Gasteiger partial charge is 0.296 e. The van der Waals surface area contributed by atoms with Crippen LogP contribution in [0.25, 0.3) is 0 Å². The quantitative estimate of drug-likeness (QED) is 0.653. The first kappa shape index (κ1) is 10.4. The van der Waals surface area contributed by atoms with Crippen molar-refractivity contribution in [3.05, 3.63) is 17.0 Å². The molecule has 0 N–H and O–H groups in total. The van der Waals surface area contributed by atoms with E-state index in [1.807, 2.05) is 11.7 Å². The summed E-state index contributed by atoms with van der Waals surface area (Å²) in [5.74, 6) is 0. The molecular weight excluding hydrogens is 190 g/mol. The number of hydrogen-bond acceptors (Lipinski definition) is 3. The van der Waals surface area contributed by atoms with Gasteiger partial charge >= 0.3 is 0 Å². The van der Waals surface area contributed by atoms with Crippen LogP contribution in [0.15, 0.2) is 0 Å². The molecule has 0 fully saturated rings. The molecule has 4 nitrogen and oxygen atoms in total. The molecule has 1 aliphatic heterocycles. The Morgan fingerprint density at radius 1 is 1.33 bits per heavy atom. The van der Waals surface area contributed by atoms with Gasteiger partial charge in [-0.3, -0.25) is 14.4 Å². The van der Waals surface area contributed by atoms with Crippen LogP contribution in [0, 0.1) is 0 Å². The summed E-state index contributed by atoms with van der Waals surface area (Å²) in [6, 6.07) is 0. The Morgan fingerprint density at radius 2 is 2.00 bits per heavy atom. The van der Waals surface area contributed by atoms with E-state index in [-0.39, 0.29) is 5.54 Å². The molecule has 0 aromatic carbocycles. The average molecular weight is 207 g/mol. The van der Waals surface area contributed by atoms with Crippen LogP contribution < -0.4 is 0 Å². The van der Waals surface area contributed by atoms with Crippen molar-refractivity contribution in [3.63, 3.8) is 0 Å². The fourth-order valence-electron chi connectivity index (χ4n) is 2.02. The highest BCUT2D eigenvalue weighted by atomic mass is 16.1. The number of hydrogen-bond donors (Lipinski definition) is 0. The molecule has 2 heterocycles. The van der Waals surface area contributed by atoms with E-state index in [0.29, 0.717) is 0 Å². The molecular formula is C11H17N3O. The Bertz CT molecular complexity index is 401. The Kier molecular flexibility index (Phi) is 2.19. The van der Waals surface area contributed by atoms with Crippen molar-refractivity contribution in [1.82, 2.24) is 14.7 Å². The van der Waals surface area contributed by atoms with Crippen LogP contribution in [-0.2, 0) is 18.6 Å². The second-order valence-electron chi connectivity index (χ2n) is 5.18. The van der Waals surface area contributed by atoms with E-state index in [9.17, 15) is 4.79 Å². The van der Waals surface area contributed by atoms with Crippen LogP contribution in [0.5, 0.6) is 0 Å². The second kappa shape index (κ2) is 3.17. The molecule has 0 saturated carbocycles. The van der Waals surface area contributed by atoms with Gasteiger partial charge in [0, 0.05) is 18.7 Å². The van der Waals surface area contributed by atoms with Crippen LogP contribution in [0.1, 0.15) is 42.5 Å². The number of carbonyl (C=O) groups excluding carboxylic acids is 1. The first-order valence-corrected chi connectivity index (χ1v) is 5.18. The van der Waals surface area contributed by atoms with Gasteiger partial charge in [-0.15, -0.1) is 0 Å². The van der Waals surface area contributed by atoms with Crippen molar-refractivity contribution in [3.8, 4) is 0 Å². The normalized spacial score (nSPS) is 16.8. The molecule has 15 heavy (non-hydrogen) atoms. The lowest BCUT2D eigenvalue weighted by Crippen LogP contribution is -2.26. The molecule has 2 rings (SSSR count). The molecule has 1 aromatic heterocycles.